The summed E-state index contributed by atoms with van der Waals surface area (Å²) in [5.74, 6) is -1.18. The molecule has 1 aliphatic heterocycles. The van der Waals surface area contributed by atoms with Gasteiger partial charge >= 0.3 is 12.0 Å². The first-order valence-corrected chi connectivity index (χ1v) is 6.11. The number of esters is 1. The van der Waals surface area contributed by atoms with Crippen molar-refractivity contribution in [3.05, 3.63) is 30.1 Å². The summed E-state index contributed by atoms with van der Waals surface area (Å²) in [6, 6.07) is 4.19. The van der Waals surface area contributed by atoms with Gasteiger partial charge in [-0.15, -0.1) is 0 Å². The maximum Gasteiger partial charge on any atom is 0.328 e. The Bertz CT molecular complexity index is 523. The van der Waals surface area contributed by atoms with Crippen LogP contribution in [-0.4, -0.2) is 47.8 Å². The van der Waals surface area contributed by atoms with Crippen LogP contribution in [0.3, 0.4) is 0 Å². The number of para-hydroxylation sites is 1. The molecule has 1 saturated heterocycles. The molecule has 0 aromatic heterocycles. The fourth-order valence-corrected chi connectivity index (χ4v) is 2.15. The minimum atomic E-state index is -0.859. The maximum absolute atomic E-state index is 13.5. The summed E-state index contributed by atoms with van der Waals surface area (Å²) < 4.78 is 18.1. The number of urea groups is 1. The van der Waals surface area contributed by atoms with E-state index in [1.165, 1.54) is 25.3 Å². The molecular formula is C13H15FN2O4. The number of hydrogen-bond acceptors (Lipinski definition) is 4. The molecule has 2 rings (SSSR count). The van der Waals surface area contributed by atoms with Crippen LogP contribution < -0.4 is 5.32 Å². The third-order valence-corrected chi connectivity index (χ3v) is 3.13. The largest absolute Gasteiger partial charge is 0.467 e. The second-order valence-corrected chi connectivity index (χ2v) is 4.49. The average molecular weight is 282 g/mol. The maximum atomic E-state index is 13.5. The van der Waals surface area contributed by atoms with E-state index >= 15 is 0 Å². The molecule has 1 heterocycles. The molecule has 20 heavy (non-hydrogen) atoms. The second kappa shape index (κ2) is 5.87. The van der Waals surface area contributed by atoms with Gasteiger partial charge in [-0.25, -0.2) is 14.0 Å². The van der Waals surface area contributed by atoms with Crippen molar-refractivity contribution in [3.63, 3.8) is 0 Å². The third kappa shape index (κ3) is 2.88. The molecule has 1 aromatic rings. The van der Waals surface area contributed by atoms with Crippen LogP contribution in [-0.2, 0) is 9.53 Å². The van der Waals surface area contributed by atoms with Crippen LogP contribution in [0, 0.1) is 5.82 Å². The number of amides is 2. The fourth-order valence-electron chi connectivity index (χ4n) is 2.15. The number of nitrogens with one attached hydrogen (secondary N) is 1. The summed E-state index contributed by atoms with van der Waals surface area (Å²) in [5.41, 5.74) is 0.0162. The first-order valence-electron chi connectivity index (χ1n) is 6.11. The number of aliphatic hydroxyl groups is 1. The topological polar surface area (TPSA) is 78.9 Å². The van der Waals surface area contributed by atoms with Crippen LogP contribution in [0.2, 0.25) is 0 Å². The van der Waals surface area contributed by atoms with Gasteiger partial charge in [0.05, 0.1) is 18.9 Å². The predicted molar refractivity (Wildman–Crippen MR) is 68.6 cm³/mol. The molecule has 2 atom stereocenters. The van der Waals surface area contributed by atoms with Crippen molar-refractivity contribution < 1.29 is 23.8 Å². The Hall–Kier alpha value is -2.15. The zero-order valence-electron chi connectivity index (χ0n) is 10.9. The van der Waals surface area contributed by atoms with Crippen LogP contribution in [0.5, 0.6) is 0 Å². The van der Waals surface area contributed by atoms with Crippen LogP contribution in [0.1, 0.15) is 6.42 Å². The van der Waals surface area contributed by atoms with E-state index in [1.54, 1.807) is 6.07 Å². The molecule has 0 radical (unpaired) electrons. The molecule has 1 aliphatic rings. The number of ether oxygens (including phenoxy) is 1. The summed E-state index contributed by atoms with van der Waals surface area (Å²) in [4.78, 5) is 24.8. The Morgan fingerprint density at radius 3 is 2.80 bits per heavy atom. The lowest BCUT2D eigenvalue weighted by Crippen LogP contribution is -2.43. The molecule has 0 aliphatic carbocycles. The smallest absolute Gasteiger partial charge is 0.328 e. The zero-order chi connectivity index (χ0) is 14.7. The first-order chi connectivity index (χ1) is 9.52. The van der Waals surface area contributed by atoms with E-state index < -0.39 is 30.0 Å². The number of halogens is 1. The molecule has 108 valence electrons. The van der Waals surface area contributed by atoms with E-state index in [2.05, 4.69) is 10.1 Å². The van der Waals surface area contributed by atoms with Gasteiger partial charge in [-0.05, 0) is 12.1 Å². The van der Waals surface area contributed by atoms with Crippen LogP contribution >= 0.6 is 0 Å². The summed E-state index contributed by atoms with van der Waals surface area (Å²) >= 11 is 0. The van der Waals surface area contributed by atoms with Crippen molar-refractivity contribution in [3.8, 4) is 0 Å². The van der Waals surface area contributed by atoms with Crippen molar-refractivity contribution >= 4 is 17.7 Å². The number of carbonyl (C=O) groups is 2. The Morgan fingerprint density at radius 2 is 2.15 bits per heavy atom. The van der Waals surface area contributed by atoms with Gasteiger partial charge in [0.15, 0.2) is 0 Å². The number of methoxy groups -OCH3 is 1. The minimum absolute atomic E-state index is 0.0000522. The first kappa shape index (κ1) is 14.3. The number of rotatable bonds is 2. The summed E-state index contributed by atoms with van der Waals surface area (Å²) in [5, 5.41) is 12.0. The molecule has 1 aromatic carbocycles. The van der Waals surface area contributed by atoms with E-state index in [1.807, 2.05) is 0 Å². The number of likely N-dealkylation sites (tertiary alicyclic amines) is 1. The number of nitrogens with zero attached hydrogens (tertiary/aromatic N) is 1. The number of aliphatic hydroxyl groups excluding tert-OH is 1. The van der Waals surface area contributed by atoms with E-state index in [0.717, 1.165) is 4.90 Å². The van der Waals surface area contributed by atoms with Gasteiger partial charge in [-0.3, -0.25) is 0 Å². The quantitative estimate of drug-likeness (QED) is 0.792. The highest BCUT2D eigenvalue weighted by Gasteiger charge is 2.39. The van der Waals surface area contributed by atoms with Crippen LogP contribution in [0.25, 0.3) is 0 Å². The molecule has 2 N–H and O–H groups in total. The van der Waals surface area contributed by atoms with Crippen molar-refractivity contribution in [2.45, 2.75) is 18.6 Å². The predicted octanol–water partition coefficient (Wildman–Crippen LogP) is 0.966. The molecule has 1 fully saturated rings. The highest BCUT2D eigenvalue weighted by atomic mass is 19.1. The van der Waals surface area contributed by atoms with E-state index in [0.29, 0.717) is 0 Å². The summed E-state index contributed by atoms with van der Waals surface area (Å²) in [6.07, 6.45) is -0.692. The Labute approximate surface area is 115 Å². The van der Waals surface area contributed by atoms with Crippen molar-refractivity contribution in [1.29, 1.82) is 0 Å². The van der Waals surface area contributed by atoms with Gasteiger partial charge in [0.25, 0.3) is 0 Å². The number of anilines is 1. The number of benzene rings is 1. The van der Waals surface area contributed by atoms with Crippen LogP contribution in [0.4, 0.5) is 14.9 Å². The Kier molecular flexibility index (Phi) is 4.19. The molecule has 6 nitrogen and oxygen atoms in total. The van der Waals surface area contributed by atoms with Gasteiger partial charge in [0.1, 0.15) is 11.9 Å². The van der Waals surface area contributed by atoms with Gasteiger partial charge < -0.3 is 20.1 Å². The third-order valence-electron chi connectivity index (χ3n) is 3.13. The van der Waals surface area contributed by atoms with Gasteiger partial charge in [-0.2, -0.15) is 0 Å². The Balaban J connectivity index is 2.11. The lowest BCUT2D eigenvalue weighted by atomic mass is 10.2. The lowest BCUT2D eigenvalue weighted by Gasteiger charge is -2.22. The number of hydrogen-bond donors (Lipinski definition) is 2. The summed E-state index contributed by atoms with van der Waals surface area (Å²) in [7, 11) is 1.21. The lowest BCUT2D eigenvalue weighted by molar-refractivity contribution is -0.144. The average Bonchev–Trinajstić information content (AvgIpc) is 2.82. The molecular weight excluding hydrogens is 267 g/mol. The van der Waals surface area contributed by atoms with E-state index in [-0.39, 0.29) is 18.7 Å². The highest BCUT2D eigenvalue weighted by molar-refractivity contribution is 5.93. The molecule has 2 unspecified atom stereocenters. The molecule has 0 bridgehead atoms. The van der Waals surface area contributed by atoms with Gasteiger partial charge in [0.2, 0.25) is 0 Å². The SMILES string of the molecule is COC(=O)C1CC(O)CN1C(=O)Nc1ccccc1F. The minimum Gasteiger partial charge on any atom is -0.467 e. The zero-order valence-corrected chi connectivity index (χ0v) is 10.9. The number of β-amino-alcohol motifs (C(OH)–C–C–N with tert-alkyl or cyclic N) is 1. The highest BCUT2D eigenvalue weighted by Crippen LogP contribution is 2.21. The monoisotopic (exact) mass is 282 g/mol. The summed E-state index contributed by atoms with van der Waals surface area (Å²) in [6.45, 7) is 0.0000522. The molecule has 0 spiro atoms. The van der Waals surface area contributed by atoms with Crippen molar-refractivity contribution in [2.24, 2.45) is 0 Å². The normalized spacial score (nSPS) is 21.6. The molecule has 2 amide bonds. The van der Waals surface area contributed by atoms with E-state index in [9.17, 15) is 19.1 Å². The molecule has 7 heteroatoms. The molecule has 0 saturated carbocycles. The standard InChI is InChI=1S/C13H15FN2O4/c1-20-12(18)11-6-8(17)7-16(11)13(19)15-10-5-3-2-4-9(10)14/h2-5,8,11,17H,6-7H2,1H3,(H,15,19). The van der Waals surface area contributed by atoms with Crippen LogP contribution in [0.15, 0.2) is 24.3 Å². The fraction of sp³-hybridized carbons (Fsp3) is 0.385. The van der Waals surface area contributed by atoms with Crippen molar-refractivity contribution in [2.75, 3.05) is 19.0 Å². The van der Waals surface area contributed by atoms with E-state index in [4.69, 9.17) is 0 Å². The van der Waals surface area contributed by atoms with Crippen molar-refractivity contribution in [1.82, 2.24) is 4.90 Å². The number of carbonyl (C=O) groups excluding carboxylic acids is 2. The van der Waals surface area contributed by atoms with Gasteiger partial charge in [-0.1, -0.05) is 12.1 Å². The second-order valence-electron chi connectivity index (χ2n) is 4.49. The van der Waals surface area contributed by atoms with Gasteiger partial charge in [0, 0.05) is 13.0 Å². The Morgan fingerprint density at radius 1 is 1.45 bits per heavy atom.